The number of H-pyrrole nitrogens is 1. The second-order valence-corrected chi connectivity index (χ2v) is 8.08. The molecular weight excluding hydrogens is 429 g/mol. The fourth-order valence-corrected chi connectivity index (χ4v) is 3.38. The molecule has 2 heterocycles. The average Bonchev–Trinajstić information content (AvgIpc) is 2.66. The van der Waals surface area contributed by atoms with Gasteiger partial charge in [-0.15, -0.1) is 0 Å². The highest BCUT2D eigenvalue weighted by molar-refractivity contribution is 5.82. The number of halogens is 3. The van der Waals surface area contributed by atoms with Gasteiger partial charge in [-0.3, -0.25) is 14.6 Å². The van der Waals surface area contributed by atoms with Gasteiger partial charge in [-0.2, -0.15) is 0 Å². The summed E-state index contributed by atoms with van der Waals surface area (Å²) in [5.41, 5.74) is -3.56. The fraction of sp³-hybridized carbons (Fsp3) is 0.333. The largest absolute Gasteiger partial charge is 0.390 e. The van der Waals surface area contributed by atoms with E-state index < -0.39 is 52.3 Å². The molecule has 3 aromatic rings. The first-order chi connectivity index (χ1) is 14.9. The number of aliphatic hydroxyl groups is 1. The molecule has 0 radical (unpaired) electrons. The Kier molecular flexibility index (Phi) is 6.22. The van der Waals surface area contributed by atoms with Crippen LogP contribution in [0.4, 0.5) is 13.2 Å². The van der Waals surface area contributed by atoms with Gasteiger partial charge in [-0.25, -0.2) is 22.5 Å². The Labute approximate surface area is 179 Å². The van der Waals surface area contributed by atoms with Crippen molar-refractivity contribution in [1.82, 2.24) is 19.9 Å². The van der Waals surface area contributed by atoms with Gasteiger partial charge in [0.15, 0.2) is 0 Å². The predicted octanol–water partition coefficient (Wildman–Crippen LogP) is 2.08. The maximum Gasteiger partial charge on any atom is 0.329 e. The lowest BCUT2D eigenvalue weighted by Gasteiger charge is -2.26. The standard InChI is InChI=1S/C21H21F3N4O4/c1-10(17-14(24)7-12(23)9-25-17)26-18(29)16(8-21(2,3)32)28-19(30)13-6-11(22)4-5-15(13)27-20(28)31/h4-7,9-10,16,32H,8H2,1-3H3,(H,26,29)(H,27,31)/t10-,16+/m1/s1. The SMILES string of the molecule is C[C@@H](NC(=O)[C@H](CC(C)(C)O)n1c(=O)[nH]c2ccc(F)cc2c1=O)c1ncc(F)cc1F. The molecular formula is C21H21F3N4O4. The van der Waals surface area contributed by atoms with Gasteiger partial charge in [-0.05, 0) is 39.0 Å². The Morgan fingerprint density at radius 1 is 1.22 bits per heavy atom. The number of fused-ring (bicyclic) bond motifs is 1. The first-order valence-electron chi connectivity index (χ1n) is 9.65. The third-order valence-corrected chi connectivity index (χ3v) is 4.80. The van der Waals surface area contributed by atoms with Gasteiger partial charge in [0.25, 0.3) is 5.56 Å². The predicted molar refractivity (Wildman–Crippen MR) is 109 cm³/mol. The second kappa shape index (κ2) is 8.58. The van der Waals surface area contributed by atoms with Crippen LogP contribution in [0.3, 0.4) is 0 Å². The third-order valence-electron chi connectivity index (χ3n) is 4.80. The molecule has 0 unspecified atom stereocenters. The van der Waals surface area contributed by atoms with Crippen molar-refractivity contribution in [3.05, 3.63) is 74.4 Å². The first kappa shape index (κ1) is 23.2. The van der Waals surface area contributed by atoms with E-state index in [4.69, 9.17) is 0 Å². The highest BCUT2D eigenvalue weighted by Crippen LogP contribution is 2.22. The minimum Gasteiger partial charge on any atom is -0.390 e. The third kappa shape index (κ3) is 4.88. The molecule has 0 aliphatic rings. The number of pyridine rings is 1. The molecule has 0 aliphatic heterocycles. The molecule has 11 heteroatoms. The molecule has 1 amide bonds. The van der Waals surface area contributed by atoms with Crippen LogP contribution in [-0.2, 0) is 4.79 Å². The summed E-state index contributed by atoms with van der Waals surface area (Å²) in [6, 6.07) is 1.23. The van der Waals surface area contributed by atoms with Crippen LogP contribution in [0.2, 0.25) is 0 Å². The van der Waals surface area contributed by atoms with Crippen LogP contribution in [0, 0.1) is 17.5 Å². The van der Waals surface area contributed by atoms with Crippen LogP contribution in [0.5, 0.6) is 0 Å². The summed E-state index contributed by atoms with van der Waals surface area (Å²) in [5.74, 6) is -3.50. The number of benzene rings is 1. The van der Waals surface area contributed by atoms with Crippen LogP contribution in [0.25, 0.3) is 10.9 Å². The molecule has 0 bridgehead atoms. The number of nitrogens with zero attached hydrogens (tertiary/aromatic N) is 2. The zero-order chi connectivity index (χ0) is 23.8. The summed E-state index contributed by atoms with van der Waals surface area (Å²) >= 11 is 0. The minimum absolute atomic E-state index is 0.0750. The number of carbonyl (C=O) groups is 1. The van der Waals surface area contributed by atoms with Crippen LogP contribution in [-0.4, -0.2) is 31.1 Å². The number of hydrogen-bond donors (Lipinski definition) is 3. The molecule has 1 aromatic carbocycles. The van der Waals surface area contributed by atoms with Gasteiger partial charge >= 0.3 is 5.69 Å². The second-order valence-electron chi connectivity index (χ2n) is 8.08. The van der Waals surface area contributed by atoms with E-state index in [-0.39, 0.29) is 23.0 Å². The van der Waals surface area contributed by atoms with Crippen LogP contribution < -0.4 is 16.6 Å². The first-order valence-corrected chi connectivity index (χ1v) is 9.65. The van der Waals surface area contributed by atoms with Crippen molar-refractivity contribution in [2.45, 2.75) is 44.9 Å². The van der Waals surface area contributed by atoms with E-state index in [9.17, 15) is 32.7 Å². The van der Waals surface area contributed by atoms with E-state index in [0.29, 0.717) is 10.6 Å². The summed E-state index contributed by atoms with van der Waals surface area (Å²) in [4.78, 5) is 44.7. The van der Waals surface area contributed by atoms with Gasteiger partial charge in [0.05, 0.1) is 34.4 Å². The summed E-state index contributed by atoms with van der Waals surface area (Å²) in [7, 11) is 0. The fourth-order valence-electron chi connectivity index (χ4n) is 3.38. The molecule has 0 aliphatic carbocycles. The van der Waals surface area contributed by atoms with Crippen LogP contribution in [0.1, 0.15) is 45.0 Å². The highest BCUT2D eigenvalue weighted by atomic mass is 19.1. The number of carbonyl (C=O) groups excluding carboxylic acids is 1. The van der Waals surface area contributed by atoms with Crippen molar-refractivity contribution < 1.29 is 23.1 Å². The monoisotopic (exact) mass is 450 g/mol. The van der Waals surface area contributed by atoms with E-state index in [1.807, 2.05) is 0 Å². The van der Waals surface area contributed by atoms with Crippen LogP contribution in [0.15, 0.2) is 40.1 Å². The highest BCUT2D eigenvalue weighted by Gasteiger charge is 2.32. The molecule has 0 spiro atoms. The topological polar surface area (TPSA) is 117 Å². The Morgan fingerprint density at radius 3 is 2.53 bits per heavy atom. The molecule has 0 fully saturated rings. The molecule has 3 rings (SSSR count). The van der Waals surface area contributed by atoms with Crippen molar-refractivity contribution in [3.8, 4) is 0 Å². The van der Waals surface area contributed by atoms with E-state index in [0.717, 1.165) is 18.3 Å². The van der Waals surface area contributed by atoms with E-state index in [2.05, 4.69) is 15.3 Å². The van der Waals surface area contributed by atoms with E-state index in [1.54, 1.807) is 0 Å². The molecule has 32 heavy (non-hydrogen) atoms. The van der Waals surface area contributed by atoms with E-state index in [1.165, 1.54) is 26.8 Å². The lowest BCUT2D eigenvalue weighted by atomic mass is 9.97. The lowest BCUT2D eigenvalue weighted by Crippen LogP contribution is -2.47. The molecule has 170 valence electrons. The Morgan fingerprint density at radius 2 is 1.91 bits per heavy atom. The summed E-state index contributed by atoms with van der Waals surface area (Å²) < 4.78 is 41.4. The zero-order valence-electron chi connectivity index (χ0n) is 17.4. The van der Waals surface area contributed by atoms with Crippen molar-refractivity contribution >= 4 is 16.8 Å². The molecule has 8 nitrogen and oxygen atoms in total. The smallest absolute Gasteiger partial charge is 0.329 e. The van der Waals surface area contributed by atoms with Gasteiger partial charge in [0.1, 0.15) is 23.5 Å². The summed E-state index contributed by atoms with van der Waals surface area (Å²) in [6.45, 7) is 4.13. The summed E-state index contributed by atoms with van der Waals surface area (Å²) in [6.07, 6.45) is 0.414. The van der Waals surface area contributed by atoms with E-state index >= 15 is 0 Å². The van der Waals surface area contributed by atoms with Crippen molar-refractivity contribution in [3.63, 3.8) is 0 Å². The number of aromatic amines is 1. The number of hydrogen-bond acceptors (Lipinski definition) is 5. The Hall–Kier alpha value is -3.47. The van der Waals surface area contributed by atoms with Crippen molar-refractivity contribution in [2.75, 3.05) is 0 Å². The van der Waals surface area contributed by atoms with Gasteiger partial charge in [-0.1, -0.05) is 0 Å². The minimum atomic E-state index is -1.52. The average molecular weight is 450 g/mol. The number of nitrogens with one attached hydrogen (secondary N) is 2. The number of aromatic nitrogens is 3. The Balaban J connectivity index is 2.06. The van der Waals surface area contributed by atoms with Gasteiger partial charge in [0, 0.05) is 12.5 Å². The molecule has 3 N–H and O–H groups in total. The van der Waals surface area contributed by atoms with Gasteiger partial charge in [0.2, 0.25) is 5.91 Å². The molecule has 2 atom stereocenters. The molecule has 2 aromatic heterocycles. The normalized spacial score (nSPS) is 13.7. The Bertz CT molecular complexity index is 1300. The van der Waals surface area contributed by atoms with Crippen molar-refractivity contribution in [2.24, 2.45) is 0 Å². The molecule has 0 saturated heterocycles. The lowest BCUT2D eigenvalue weighted by molar-refractivity contribution is -0.127. The molecule has 0 saturated carbocycles. The zero-order valence-corrected chi connectivity index (χ0v) is 17.4. The van der Waals surface area contributed by atoms with Gasteiger partial charge < -0.3 is 15.4 Å². The number of amides is 1. The quantitative estimate of drug-likeness (QED) is 0.532. The maximum absolute atomic E-state index is 14.0. The van der Waals surface area contributed by atoms with Crippen LogP contribution >= 0.6 is 0 Å². The maximum atomic E-state index is 14.0. The summed E-state index contributed by atoms with van der Waals surface area (Å²) in [5, 5.41) is 12.5. The number of rotatable bonds is 6. The van der Waals surface area contributed by atoms with Crippen molar-refractivity contribution in [1.29, 1.82) is 0 Å².